The lowest BCUT2D eigenvalue weighted by Crippen LogP contribution is -2.11. The molecule has 2 aromatic rings. The lowest BCUT2D eigenvalue weighted by Gasteiger charge is -2.20. The highest BCUT2D eigenvalue weighted by atomic mass is 16.7. The van der Waals surface area contributed by atoms with Crippen LogP contribution in [-0.2, 0) is 9.53 Å². The number of phenols is 1. The molecule has 0 heterocycles. The van der Waals surface area contributed by atoms with Gasteiger partial charge in [-0.2, -0.15) is 0 Å². The minimum absolute atomic E-state index is 0.00368. The van der Waals surface area contributed by atoms with E-state index in [-0.39, 0.29) is 28.4 Å². The van der Waals surface area contributed by atoms with E-state index < -0.39 is 17.9 Å². The van der Waals surface area contributed by atoms with E-state index in [0.29, 0.717) is 11.1 Å². The minimum atomic E-state index is -1.47. The number of carbonyl (C=O) groups excluding carboxylic acids is 2. The molecule has 0 radical (unpaired) electrons. The Morgan fingerprint density at radius 1 is 1.00 bits per heavy atom. The summed E-state index contributed by atoms with van der Waals surface area (Å²) in [4.78, 5) is 34.5. The number of carboxylic acid groups (broad SMARTS) is 1. The molecule has 0 atom stereocenters. The zero-order chi connectivity index (χ0) is 18.1. The lowest BCUT2D eigenvalue weighted by atomic mass is 9.90. The molecule has 0 spiro atoms. The highest BCUT2D eigenvalue weighted by Crippen LogP contribution is 2.38. The smallest absolute Gasteiger partial charge is 0.507 e. The molecular formula is C18H12O7. The molecule has 3 rings (SSSR count). The zero-order valence-corrected chi connectivity index (χ0v) is 13.0. The molecule has 0 aliphatic heterocycles. The van der Waals surface area contributed by atoms with Gasteiger partial charge in [-0.1, -0.05) is 12.1 Å². The largest absolute Gasteiger partial charge is 0.511 e. The fourth-order valence-electron chi connectivity index (χ4n) is 2.48. The summed E-state index contributed by atoms with van der Waals surface area (Å²) in [5.41, 5.74) is 1.08. The fraction of sp³-hybridized carbons (Fsp3) is 0.0556. The maximum absolute atomic E-state index is 12.7. The van der Waals surface area contributed by atoms with Crippen molar-refractivity contribution in [2.75, 3.05) is 0 Å². The first-order valence-electron chi connectivity index (χ1n) is 7.19. The Hall–Kier alpha value is -3.61. The Labute approximate surface area is 141 Å². The van der Waals surface area contributed by atoms with E-state index >= 15 is 0 Å². The van der Waals surface area contributed by atoms with Crippen LogP contribution in [-0.4, -0.2) is 28.1 Å². The molecule has 25 heavy (non-hydrogen) atoms. The first-order valence-corrected chi connectivity index (χ1v) is 7.19. The van der Waals surface area contributed by atoms with Gasteiger partial charge in [0.25, 0.3) is 0 Å². The summed E-state index contributed by atoms with van der Waals surface area (Å²) in [5, 5.41) is 18.8. The van der Waals surface area contributed by atoms with Crippen molar-refractivity contribution in [3.05, 3.63) is 58.7 Å². The van der Waals surface area contributed by atoms with Crippen LogP contribution in [0.1, 0.15) is 34.0 Å². The summed E-state index contributed by atoms with van der Waals surface area (Å²) in [5.74, 6) is -1.25. The van der Waals surface area contributed by atoms with Gasteiger partial charge in [-0.25, -0.2) is 4.79 Å². The molecule has 2 N–H and O–H groups in total. The lowest BCUT2D eigenvalue weighted by molar-refractivity contribution is -0.131. The molecule has 126 valence electrons. The van der Waals surface area contributed by atoms with Crippen molar-refractivity contribution in [2.24, 2.45) is 0 Å². The molecule has 0 amide bonds. The monoisotopic (exact) mass is 340 g/mol. The van der Waals surface area contributed by atoms with Crippen molar-refractivity contribution in [3.8, 4) is 11.5 Å². The number of hydrogen-bond acceptors (Lipinski definition) is 6. The number of fused-ring (bicyclic) bond motifs is 1. The van der Waals surface area contributed by atoms with Crippen molar-refractivity contribution in [1.29, 1.82) is 0 Å². The summed E-state index contributed by atoms with van der Waals surface area (Å²) >= 11 is 0. The van der Waals surface area contributed by atoms with Gasteiger partial charge in [0.2, 0.25) is 5.78 Å². The maximum atomic E-state index is 12.7. The molecular weight excluding hydrogens is 328 g/mol. The van der Waals surface area contributed by atoms with Crippen molar-refractivity contribution in [1.82, 2.24) is 0 Å². The van der Waals surface area contributed by atoms with Crippen LogP contribution in [0.3, 0.4) is 0 Å². The topological polar surface area (TPSA) is 110 Å². The van der Waals surface area contributed by atoms with E-state index in [9.17, 15) is 19.5 Å². The van der Waals surface area contributed by atoms with E-state index in [2.05, 4.69) is 4.74 Å². The predicted octanol–water partition coefficient (Wildman–Crippen LogP) is 3.05. The van der Waals surface area contributed by atoms with E-state index in [1.807, 2.05) is 0 Å². The molecule has 1 aliphatic carbocycles. The Balaban J connectivity index is 1.96. The maximum Gasteiger partial charge on any atom is 0.511 e. The standard InChI is InChI=1S/C18H12O7/c1-9(19)24-15-5-3-2-4-11(15)17(21)13-6-10-7-16(25-18(22)23)12(10)8-14(13)20/h2-8,20H,1H3,(H,22,23). The first-order chi connectivity index (χ1) is 11.9. The average molecular weight is 340 g/mol. The highest BCUT2D eigenvalue weighted by molar-refractivity contribution is 6.13. The first kappa shape index (κ1) is 16.3. The van der Waals surface area contributed by atoms with Crippen LogP contribution in [0, 0.1) is 0 Å². The van der Waals surface area contributed by atoms with Gasteiger partial charge in [-0.05, 0) is 35.9 Å². The van der Waals surface area contributed by atoms with Gasteiger partial charge in [0.1, 0.15) is 17.3 Å². The van der Waals surface area contributed by atoms with E-state index in [0.717, 1.165) is 0 Å². The molecule has 1 aliphatic rings. The van der Waals surface area contributed by atoms with Gasteiger partial charge in [-0.3, -0.25) is 9.59 Å². The molecule has 2 aromatic carbocycles. The van der Waals surface area contributed by atoms with Crippen LogP contribution in [0.5, 0.6) is 11.5 Å². The highest BCUT2D eigenvalue weighted by Gasteiger charge is 2.26. The normalized spacial score (nSPS) is 11.6. The van der Waals surface area contributed by atoms with Crippen LogP contribution >= 0.6 is 0 Å². The van der Waals surface area contributed by atoms with Gasteiger partial charge in [0.05, 0.1) is 11.1 Å². The molecule has 7 heteroatoms. The van der Waals surface area contributed by atoms with E-state index in [1.54, 1.807) is 12.1 Å². The molecule has 0 saturated heterocycles. The molecule has 0 saturated carbocycles. The third kappa shape index (κ3) is 3.07. The number of phenolic OH excluding ortho intramolecular Hbond substituents is 1. The second kappa shape index (κ2) is 6.12. The number of ketones is 1. The summed E-state index contributed by atoms with van der Waals surface area (Å²) in [6.07, 6.45) is -0.0238. The quantitative estimate of drug-likeness (QED) is 0.500. The van der Waals surface area contributed by atoms with Crippen molar-refractivity contribution in [2.45, 2.75) is 6.92 Å². The van der Waals surface area contributed by atoms with Crippen molar-refractivity contribution < 1.29 is 34.1 Å². The number of aromatic hydroxyl groups is 1. The number of rotatable bonds is 4. The number of para-hydroxylation sites is 1. The Morgan fingerprint density at radius 3 is 2.40 bits per heavy atom. The molecule has 0 aromatic heterocycles. The van der Waals surface area contributed by atoms with Crippen LogP contribution in [0.4, 0.5) is 4.79 Å². The fourth-order valence-corrected chi connectivity index (χ4v) is 2.48. The predicted molar refractivity (Wildman–Crippen MR) is 86.3 cm³/mol. The summed E-state index contributed by atoms with van der Waals surface area (Å²) in [7, 11) is 0. The summed E-state index contributed by atoms with van der Waals surface area (Å²) in [6, 6.07) is 8.86. The molecule has 7 nitrogen and oxygen atoms in total. The minimum Gasteiger partial charge on any atom is -0.507 e. The second-order valence-electron chi connectivity index (χ2n) is 5.25. The number of ether oxygens (including phenoxy) is 2. The Morgan fingerprint density at radius 2 is 1.72 bits per heavy atom. The SMILES string of the molecule is CC(=O)Oc1ccccc1C(=O)c1cc2c(cc1O)C(OC(=O)O)=C2. The molecule has 0 unspecified atom stereocenters. The number of esters is 1. The van der Waals surface area contributed by atoms with Gasteiger partial charge in [-0.15, -0.1) is 0 Å². The molecule has 0 bridgehead atoms. The Kier molecular flexibility index (Phi) is 3.98. The summed E-state index contributed by atoms with van der Waals surface area (Å²) < 4.78 is 9.56. The van der Waals surface area contributed by atoms with Gasteiger partial charge < -0.3 is 19.7 Å². The van der Waals surface area contributed by atoms with Crippen LogP contribution in [0.2, 0.25) is 0 Å². The van der Waals surface area contributed by atoms with Crippen molar-refractivity contribution in [3.63, 3.8) is 0 Å². The average Bonchev–Trinajstić information content (AvgIpc) is 2.53. The van der Waals surface area contributed by atoms with Crippen LogP contribution in [0.15, 0.2) is 36.4 Å². The Bertz CT molecular complexity index is 940. The van der Waals surface area contributed by atoms with Crippen LogP contribution < -0.4 is 4.74 Å². The van der Waals surface area contributed by atoms with Crippen molar-refractivity contribution >= 4 is 29.7 Å². The third-order valence-corrected chi connectivity index (χ3v) is 3.55. The third-order valence-electron chi connectivity index (χ3n) is 3.55. The second-order valence-corrected chi connectivity index (χ2v) is 5.25. The van der Waals surface area contributed by atoms with Gasteiger partial charge >= 0.3 is 12.1 Å². The van der Waals surface area contributed by atoms with Gasteiger partial charge in [0.15, 0.2) is 0 Å². The number of hydrogen-bond donors (Lipinski definition) is 2. The number of benzene rings is 2. The van der Waals surface area contributed by atoms with Gasteiger partial charge in [0, 0.05) is 12.5 Å². The summed E-state index contributed by atoms with van der Waals surface area (Å²) in [6.45, 7) is 1.22. The van der Waals surface area contributed by atoms with Crippen LogP contribution in [0.25, 0.3) is 11.8 Å². The van der Waals surface area contributed by atoms with E-state index in [1.165, 1.54) is 37.3 Å². The molecule has 0 fully saturated rings. The van der Waals surface area contributed by atoms with E-state index in [4.69, 9.17) is 9.84 Å². The number of carbonyl (C=O) groups is 3. The zero-order valence-electron chi connectivity index (χ0n) is 13.0.